The minimum absolute atomic E-state index is 0.0441. The number of halogens is 1. The highest BCUT2D eigenvalue weighted by molar-refractivity contribution is 9.10. The third-order valence-corrected chi connectivity index (χ3v) is 4.61. The Kier molecular flexibility index (Phi) is 4.11. The molecule has 21 heavy (non-hydrogen) atoms. The molecule has 1 fully saturated rings. The summed E-state index contributed by atoms with van der Waals surface area (Å²) in [6.07, 6.45) is 0.961. The molecule has 1 aliphatic carbocycles. The largest absolute Gasteiger partial charge is 0.349 e. The molecule has 1 aliphatic rings. The maximum Gasteiger partial charge on any atom is 0.224 e. The fourth-order valence-corrected chi connectivity index (χ4v) is 2.97. The standard InChI is InChI=1S/C18H18BrNO/c1-12(13-7-9-15(19)10-8-13)20-18(21)17-11-16(17)14-5-3-2-4-6-14/h2-10,12,16-17H,11H2,1H3,(H,20,21). The molecular weight excluding hydrogens is 326 g/mol. The summed E-state index contributed by atoms with van der Waals surface area (Å²) < 4.78 is 1.05. The maximum absolute atomic E-state index is 12.3. The van der Waals surface area contributed by atoms with E-state index in [0.29, 0.717) is 5.92 Å². The van der Waals surface area contributed by atoms with Gasteiger partial charge in [0.2, 0.25) is 5.91 Å². The van der Waals surface area contributed by atoms with Crippen molar-refractivity contribution in [1.29, 1.82) is 0 Å². The predicted molar refractivity (Wildman–Crippen MR) is 88.0 cm³/mol. The number of carbonyl (C=O) groups excluding carboxylic acids is 1. The van der Waals surface area contributed by atoms with E-state index in [1.54, 1.807) is 0 Å². The van der Waals surface area contributed by atoms with E-state index in [9.17, 15) is 4.79 Å². The van der Waals surface area contributed by atoms with Crippen LogP contribution < -0.4 is 5.32 Å². The molecule has 0 bridgehead atoms. The van der Waals surface area contributed by atoms with Crippen LogP contribution in [-0.4, -0.2) is 5.91 Å². The monoisotopic (exact) mass is 343 g/mol. The molecule has 0 radical (unpaired) electrons. The summed E-state index contributed by atoms with van der Waals surface area (Å²) in [6.45, 7) is 2.03. The van der Waals surface area contributed by atoms with Gasteiger partial charge in [0, 0.05) is 10.4 Å². The molecule has 3 atom stereocenters. The van der Waals surface area contributed by atoms with Crippen LogP contribution in [0.5, 0.6) is 0 Å². The molecule has 0 saturated heterocycles. The summed E-state index contributed by atoms with van der Waals surface area (Å²) >= 11 is 3.43. The highest BCUT2D eigenvalue weighted by atomic mass is 79.9. The zero-order chi connectivity index (χ0) is 14.8. The van der Waals surface area contributed by atoms with E-state index in [4.69, 9.17) is 0 Å². The van der Waals surface area contributed by atoms with Gasteiger partial charge in [0.1, 0.15) is 0 Å². The van der Waals surface area contributed by atoms with Crippen LogP contribution >= 0.6 is 15.9 Å². The molecule has 108 valence electrons. The fourth-order valence-electron chi connectivity index (χ4n) is 2.71. The molecule has 0 aromatic heterocycles. The Balaban J connectivity index is 1.59. The Bertz CT molecular complexity index is 623. The number of hydrogen-bond acceptors (Lipinski definition) is 1. The molecule has 1 amide bonds. The van der Waals surface area contributed by atoms with Crippen LogP contribution in [0, 0.1) is 5.92 Å². The minimum Gasteiger partial charge on any atom is -0.349 e. The van der Waals surface area contributed by atoms with Gasteiger partial charge in [-0.25, -0.2) is 0 Å². The van der Waals surface area contributed by atoms with Gasteiger partial charge in [-0.2, -0.15) is 0 Å². The molecule has 2 aromatic carbocycles. The normalized spacial score (nSPS) is 21.6. The van der Waals surface area contributed by atoms with Gasteiger partial charge >= 0.3 is 0 Å². The Morgan fingerprint density at radius 3 is 2.48 bits per heavy atom. The van der Waals surface area contributed by atoms with Gasteiger partial charge in [0.05, 0.1) is 6.04 Å². The third kappa shape index (κ3) is 3.35. The second kappa shape index (κ2) is 6.02. The van der Waals surface area contributed by atoms with Crippen molar-refractivity contribution in [2.24, 2.45) is 5.92 Å². The minimum atomic E-state index is 0.0441. The van der Waals surface area contributed by atoms with E-state index in [0.717, 1.165) is 16.5 Å². The third-order valence-electron chi connectivity index (χ3n) is 4.08. The first-order valence-electron chi connectivity index (χ1n) is 7.26. The molecular formula is C18H18BrNO. The van der Waals surface area contributed by atoms with Crippen LogP contribution in [0.1, 0.15) is 36.4 Å². The van der Waals surface area contributed by atoms with Gasteiger partial charge in [0.15, 0.2) is 0 Å². The predicted octanol–water partition coefficient (Wildman–Crippen LogP) is 4.43. The zero-order valence-corrected chi connectivity index (χ0v) is 13.5. The average molecular weight is 344 g/mol. The van der Waals surface area contributed by atoms with Crippen LogP contribution in [0.4, 0.5) is 0 Å². The molecule has 1 N–H and O–H groups in total. The van der Waals surface area contributed by atoms with Crippen molar-refractivity contribution in [3.05, 3.63) is 70.2 Å². The van der Waals surface area contributed by atoms with E-state index in [1.165, 1.54) is 5.56 Å². The number of amides is 1. The number of carbonyl (C=O) groups is 1. The summed E-state index contributed by atoms with van der Waals surface area (Å²) in [7, 11) is 0. The first-order chi connectivity index (χ1) is 10.1. The van der Waals surface area contributed by atoms with Crippen molar-refractivity contribution in [2.75, 3.05) is 0 Å². The van der Waals surface area contributed by atoms with Crippen molar-refractivity contribution < 1.29 is 4.79 Å². The molecule has 0 spiro atoms. The summed E-state index contributed by atoms with van der Waals surface area (Å²) in [6, 6.07) is 18.4. The summed E-state index contributed by atoms with van der Waals surface area (Å²) in [4.78, 5) is 12.3. The zero-order valence-electron chi connectivity index (χ0n) is 11.9. The smallest absolute Gasteiger partial charge is 0.224 e. The lowest BCUT2D eigenvalue weighted by Crippen LogP contribution is -2.28. The molecule has 3 rings (SSSR count). The van der Waals surface area contributed by atoms with Crippen LogP contribution in [-0.2, 0) is 4.79 Å². The van der Waals surface area contributed by atoms with Crippen molar-refractivity contribution in [3.8, 4) is 0 Å². The average Bonchev–Trinajstić information content (AvgIpc) is 3.29. The second-order valence-corrected chi connectivity index (χ2v) is 6.56. The Morgan fingerprint density at radius 2 is 1.81 bits per heavy atom. The Hall–Kier alpha value is -1.61. The molecule has 3 heteroatoms. The fraction of sp³-hybridized carbons (Fsp3) is 0.278. The Morgan fingerprint density at radius 1 is 1.14 bits per heavy atom. The molecule has 2 aromatic rings. The second-order valence-electron chi connectivity index (χ2n) is 5.64. The lowest BCUT2D eigenvalue weighted by atomic mass is 10.1. The molecule has 1 saturated carbocycles. The van der Waals surface area contributed by atoms with E-state index in [2.05, 4.69) is 33.4 Å². The topological polar surface area (TPSA) is 29.1 Å². The van der Waals surface area contributed by atoms with E-state index in [1.807, 2.05) is 49.4 Å². The van der Waals surface area contributed by atoms with Crippen LogP contribution in [0.15, 0.2) is 59.1 Å². The van der Waals surface area contributed by atoms with Crippen molar-refractivity contribution in [2.45, 2.75) is 25.3 Å². The van der Waals surface area contributed by atoms with Gasteiger partial charge in [-0.3, -0.25) is 4.79 Å². The van der Waals surface area contributed by atoms with Crippen LogP contribution in [0.2, 0.25) is 0 Å². The van der Waals surface area contributed by atoms with Gasteiger partial charge in [0.25, 0.3) is 0 Å². The molecule has 0 aliphatic heterocycles. The first kappa shape index (κ1) is 14.3. The summed E-state index contributed by atoms with van der Waals surface area (Å²) in [5, 5.41) is 3.12. The summed E-state index contributed by atoms with van der Waals surface area (Å²) in [5.74, 6) is 0.688. The van der Waals surface area contributed by atoms with Crippen molar-refractivity contribution in [3.63, 3.8) is 0 Å². The number of benzene rings is 2. The lowest BCUT2D eigenvalue weighted by Gasteiger charge is -2.14. The SMILES string of the molecule is CC(NC(=O)C1CC1c1ccccc1)c1ccc(Br)cc1. The molecule has 2 nitrogen and oxygen atoms in total. The number of hydrogen-bond donors (Lipinski definition) is 1. The van der Waals surface area contributed by atoms with Crippen LogP contribution in [0.3, 0.4) is 0 Å². The quantitative estimate of drug-likeness (QED) is 0.873. The van der Waals surface area contributed by atoms with Gasteiger partial charge in [-0.15, -0.1) is 0 Å². The number of nitrogens with one attached hydrogen (secondary N) is 1. The maximum atomic E-state index is 12.3. The van der Waals surface area contributed by atoms with Gasteiger partial charge in [-0.1, -0.05) is 58.4 Å². The van der Waals surface area contributed by atoms with E-state index < -0.39 is 0 Å². The van der Waals surface area contributed by atoms with Gasteiger partial charge in [-0.05, 0) is 42.5 Å². The molecule has 3 unspecified atom stereocenters. The molecule has 0 heterocycles. The van der Waals surface area contributed by atoms with E-state index >= 15 is 0 Å². The lowest BCUT2D eigenvalue weighted by molar-refractivity contribution is -0.123. The van der Waals surface area contributed by atoms with Crippen molar-refractivity contribution in [1.82, 2.24) is 5.32 Å². The van der Waals surface area contributed by atoms with E-state index in [-0.39, 0.29) is 17.9 Å². The summed E-state index contributed by atoms with van der Waals surface area (Å²) in [5.41, 5.74) is 2.40. The van der Waals surface area contributed by atoms with Crippen molar-refractivity contribution >= 4 is 21.8 Å². The first-order valence-corrected chi connectivity index (χ1v) is 8.05. The number of rotatable bonds is 4. The highest BCUT2D eigenvalue weighted by Gasteiger charge is 2.44. The van der Waals surface area contributed by atoms with Gasteiger partial charge < -0.3 is 5.32 Å². The van der Waals surface area contributed by atoms with Crippen LogP contribution in [0.25, 0.3) is 0 Å². The Labute approximate surface area is 133 Å². The highest BCUT2D eigenvalue weighted by Crippen LogP contribution is 2.47.